The molecule has 1 saturated heterocycles. The molecule has 0 spiro atoms. The number of hydrogen-bond donors (Lipinski definition) is 2. The zero-order chi connectivity index (χ0) is 24.6. The minimum Gasteiger partial charge on any atom is -0.466 e. The highest BCUT2D eigenvalue weighted by molar-refractivity contribution is 7.89. The van der Waals surface area contributed by atoms with Gasteiger partial charge in [-0.1, -0.05) is 0 Å². The molecule has 2 rings (SSSR count). The van der Waals surface area contributed by atoms with Crippen LogP contribution in [0.5, 0.6) is 0 Å². The van der Waals surface area contributed by atoms with Crippen LogP contribution in [-0.2, 0) is 33.9 Å². The number of nitro benzene ring substituents is 1. The Morgan fingerprint density at radius 3 is 2.45 bits per heavy atom. The maximum absolute atomic E-state index is 12.4. The summed E-state index contributed by atoms with van der Waals surface area (Å²) in [6, 6.07) is 3.24. The molecule has 1 heterocycles. The van der Waals surface area contributed by atoms with Gasteiger partial charge in [0.25, 0.3) is 11.6 Å². The Balaban J connectivity index is 1.83. The molecule has 1 aliphatic rings. The lowest BCUT2D eigenvalue weighted by atomic mass is 9.97. The molecule has 0 aliphatic carbocycles. The Morgan fingerprint density at radius 2 is 1.88 bits per heavy atom. The lowest BCUT2D eigenvalue weighted by Gasteiger charge is -2.30. The maximum Gasteiger partial charge on any atom is 0.321 e. The second-order valence-electron chi connectivity index (χ2n) is 7.08. The topological polar surface area (TPSA) is 174 Å². The van der Waals surface area contributed by atoms with Crippen LogP contribution in [0.15, 0.2) is 23.1 Å². The van der Waals surface area contributed by atoms with E-state index in [4.69, 9.17) is 9.47 Å². The number of nitrogens with one attached hydrogen (secondary N) is 2. The van der Waals surface area contributed by atoms with Gasteiger partial charge in [-0.15, -0.1) is 0 Å². The molecule has 0 aromatic heterocycles. The van der Waals surface area contributed by atoms with Gasteiger partial charge < -0.3 is 19.7 Å². The number of likely N-dealkylation sites (tertiary alicyclic amines) is 1. The number of carbonyl (C=O) groups excluding carboxylic acids is 3. The van der Waals surface area contributed by atoms with Crippen molar-refractivity contribution in [2.24, 2.45) is 5.92 Å². The van der Waals surface area contributed by atoms with E-state index in [2.05, 4.69) is 5.32 Å². The molecular weight excluding hydrogens is 460 g/mol. The number of sulfonamides is 1. The van der Waals surface area contributed by atoms with E-state index >= 15 is 0 Å². The fraction of sp³-hybridized carbons (Fsp3) is 0.526. The first-order chi connectivity index (χ1) is 15.6. The van der Waals surface area contributed by atoms with Gasteiger partial charge in [-0.25, -0.2) is 8.42 Å². The highest BCUT2D eigenvalue weighted by atomic mass is 32.2. The summed E-state index contributed by atoms with van der Waals surface area (Å²) in [6.07, 6.45) is 0.883. The molecule has 1 aliphatic heterocycles. The number of amides is 1. The first-order valence-corrected chi connectivity index (χ1v) is 11.6. The zero-order valence-electron chi connectivity index (χ0n) is 18.2. The Morgan fingerprint density at radius 1 is 1.21 bits per heavy atom. The maximum atomic E-state index is 12.4. The van der Waals surface area contributed by atoms with E-state index in [0.717, 1.165) is 12.1 Å². The van der Waals surface area contributed by atoms with E-state index < -0.39 is 50.6 Å². The van der Waals surface area contributed by atoms with Crippen LogP contribution in [0.4, 0.5) is 11.4 Å². The SMILES string of the molecule is CCOC(=O)C1CCN(C(=O)COC(=O)CNS(=O)(=O)c2ccc(NC)c([N+](=O)[O-])c2)CC1. The highest BCUT2D eigenvalue weighted by Crippen LogP contribution is 2.27. The quantitative estimate of drug-likeness (QED) is 0.265. The molecule has 0 unspecified atom stereocenters. The van der Waals surface area contributed by atoms with E-state index in [1.54, 1.807) is 6.92 Å². The molecule has 1 aromatic carbocycles. The predicted molar refractivity (Wildman–Crippen MR) is 115 cm³/mol. The average Bonchev–Trinajstić information content (AvgIpc) is 2.81. The van der Waals surface area contributed by atoms with Gasteiger partial charge in [0.2, 0.25) is 10.0 Å². The van der Waals surface area contributed by atoms with Gasteiger partial charge in [-0.05, 0) is 31.9 Å². The summed E-state index contributed by atoms with van der Waals surface area (Å²) >= 11 is 0. The third-order valence-electron chi connectivity index (χ3n) is 4.98. The molecule has 0 bridgehead atoms. The predicted octanol–water partition coefficient (Wildman–Crippen LogP) is 0.260. The molecule has 1 fully saturated rings. The molecule has 1 aromatic rings. The minimum absolute atomic E-state index is 0.128. The molecule has 1 amide bonds. The second-order valence-corrected chi connectivity index (χ2v) is 8.85. The largest absolute Gasteiger partial charge is 0.466 e. The number of rotatable bonds is 10. The summed E-state index contributed by atoms with van der Waals surface area (Å²) in [7, 11) is -2.78. The van der Waals surface area contributed by atoms with Gasteiger partial charge in [0.15, 0.2) is 6.61 Å². The van der Waals surface area contributed by atoms with Crippen molar-refractivity contribution >= 4 is 39.2 Å². The molecule has 13 nitrogen and oxygen atoms in total. The standard InChI is InChI=1S/C19H26N4O9S/c1-3-31-19(26)13-6-8-22(9-7-13)17(24)12-32-18(25)11-21-33(29,30)14-4-5-15(20-2)16(10-14)23(27)28/h4-5,10,13,20-21H,3,6-9,11-12H2,1-2H3. The van der Waals surface area contributed by atoms with E-state index in [1.807, 2.05) is 4.72 Å². The first kappa shape index (κ1) is 26.0. The van der Waals surface area contributed by atoms with Crippen molar-refractivity contribution in [2.45, 2.75) is 24.7 Å². The van der Waals surface area contributed by atoms with E-state index in [0.29, 0.717) is 25.9 Å². The molecule has 33 heavy (non-hydrogen) atoms. The third-order valence-corrected chi connectivity index (χ3v) is 6.38. The van der Waals surface area contributed by atoms with E-state index in [-0.39, 0.29) is 24.2 Å². The number of nitrogens with zero attached hydrogens (tertiary/aromatic N) is 2. The Labute approximate surface area is 190 Å². The second kappa shape index (κ2) is 11.6. The summed E-state index contributed by atoms with van der Waals surface area (Å²) in [5, 5.41) is 13.7. The Hall–Kier alpha value is -3.26. The van der Waals surface area contributed by atoms with Crippen LogP contribution in [0.25, 0.3) is 0 Å². The smallest absolute Gasteiger partial charge is 0.321 e. The van der Waals surface area contributed by atoms with E-state index in [1.165, 1.54) is 18.0 Å². The number of ether oxygens (including phenoxy) is 2. The fourth-order valence-corrected chi connectivity index (χ4v) is 4.18. The summed E-state index contributed by atoms with van der Waals surface area (Å²) < 4.78 is 36.5. The number of piperidine rings is 1. The van der Waals surface area contributed by atoms with Crippen LogP contribution in [0, 0.1) is 16.0 Å². The minimum atomic E-state index is -4.24. The van der Waals surface area contributed by atoms with Crippen molar-refractivity contribution in [2.75, 3.05) is 45.2 Å². The van der Waals surface area contributed by atoms with Crippen LogP contribution >= 0.6 is 0 Å². The summed E-state index contributed by atoms with van der Waals surface area (Å²) in [6.45, 7) is 1.29. The number of hydrogen-bond acceptors (Lipinski definition) is 10. The van der Waals surface area contributed by atoms with Crippen LogP contribution in [0.1, 0.15) is 19.8 Å². The Bertz CT molecular complexity index is 1000. The van der Waals surface area contributed by atoms with Crippen molar-refractivity contribution in [3.63, 3.8) is 0 Å². The molecular formula is C19H26N4O9S. The number of carbonyl (C=O) groups is 3. The molecule has 0 radical (unpaired) electrons. The van der Waals surface area contributed by atoms with Crippen molar-refractivity contribution in [1.82, 2.24) is 9.62 Å². The lowest BCUT2D eigenvalue weighted by molar-refractivity contribution is -0.384. The van der Waals surface area contributed by atoms with Crippen LogP contribution in [-0.4, -0.2) is 76.0 Å². The number of benzene rings is 1. The molecule has 0 atom stereocenters. The normalized spacial score (nSPS) is 14.4. The summed E-state index contributed by atoms with van der Waals surface area (Å²) in [4.78, 5) is 47.3. The van der Waals surface area contributed by atoms with Crippen LogP contribution in [0.3, 0.4) is 0 Å². The van der Waals surface area contributed by atoms with Gasteiger partial charge in [-0.3, -0.25) is 24.5 Å². The number of nitro groups is 1. The van der Waals surface area contributed by atoms with Crippen LogP contribution < -0.4 is 10.0 Å². The first-order valence-electron chi connectivity index (χ1n) is 10.1. The van der Waals surface area contributed by atoms with Gasteiger partial charge in [0.05, 0.1) is 22.3 Å². The molecule has 2 N–H and O–H groups in total. The number of anilines is 1. The van der Waals surface area contributed by atoms with Crippen molar-refractivity contribution in [1.29, 1.82) is 0 Å². The van der Waals surface area contributed by atoms with Gasteiger partial charge in [0, 0.05) is 26.2 Å². The van der Waals surface area contributed by atoms with Gasteiger partial charge in [0.1, 0.15) is 12.2 Å². The Kier molecular flexibility index (Phi) is 9.11. The van der Waals surface area contributed by atoms with Gasteiger partial charge >= 0.3 is 11.9 Å². The molecule has 182 valence electrons. The summed E-state index contributed by atoms with van der Waals surface area (Å²) in [5.74, 6) is -2.03. The third kappa shape index (κ3) is 7.12. The highest BCUT2D eigenvalue weighted by Gasteiger charge is 2.28. The average molecular weight is 487 g/mol. The van der Waals surface area contributed by atoms with Gasteiger partial charge in [-0.2, -0.15) is 4.72 Å². The monoisotopic (exact) mass is 486 g/mol. The van der Waals surface area contributed by atoms with Crippen molar-refractivity contribution in [3.05, 3.63) is 28.3 Å². The summed E-state index contributed by atoms with van der Waals surface area (Å²) in [5.41, 5.74) is -0.316. The van der Waals surface area contributed by atoms with Crippen LogP contribution in [0.2, 0.25) is 0 Å². The van der Waals surface area contributed by atoms with E-state index in [9.17, 15) is 32.9 Å². The lowest BCUT2D eigenvalue weighted by Crippen LogP contribution is -2.43. The van der Waals surface area contributed by atoms with Crippen molar-refractivity contribution < 1.29 is 37.2 Å². The zero-order valence-corrected chi connectivity index (χ0v) is 19.1. The fourth-order valence-electron chi connectivity index (χ4n) is 3.19. The molecule has 14 heteroatoms. The van der Waals surface area contributed by atoms with Crippen molar-refractivity contribution in [3.8, 4) is 0 Å². The number of esters is 2. The molecule has 0 saturated carbocycles.